The van der Waals surface area contributed by atoms with Crippen molar-refractivity contribution >= 4 is 17.7 Å². The Hall–Kier alpha value is -3.15. The fourth-order valence-corrected chi connectivity index (χ4v) is 2.77. The molecular weight excluding hydrogens is 356 g/mol. The molecule has 0 atom stereocenters. The van der Waals surface area contributed by atoms with Crippen LogP contribution < -0.4 is 24.4 Å². The molecule has 2 aromatic carbocycles. The molecule has 0 saturated heterocycles. The minimum Gasteiger partial charge on any atom is -0.493 e. The molecule has 0 saturated carbocycles. The number of hydrogen-bond donors (Lipinski definition) is 1. The predicted octanol–water partition coefficient (Wildman–Crippen LogP) is 3.37. The number of carbonyl (C=O) groups is 1. The van der Waals surface area contributed by atoms with Crippen LogP contribution in [-0.2, 0) is 4.79 Å². The van der Waals surface area contributed by atoms with E-state index in [0.29, 0.717) is 23.8 Å². The maximum Gasteiger partial charge on any atom is 0.244 e. The quantitative estimate of drug-likeness (QED) is 0.503. The molecule has 1 N–H and O–H groups in total. The van der Waals surface area contributed by atoms with Crippen molar-refractivity contribution in [3.8, 4) is 17.2 Å². The van der Waals surface area contributed by atoms with Gasteiger partial charge in [-0.3, -0.25) is 4.79 Å². The van der Waals surface area contributed by atoms with Gasteiger partial charge in [-0.25, -0.2) is 0 Å². The average molecular weight is 384 g/mol. The highest BCUT2D eigenvalue weighted by molar-refractivity contribution is 5.91. The number of anilines is 1. The molecule has 0 aromatic heterocycles. The number of methoxy groups -OCH3 is 3. The van der Waals surface area contributed by atoms with E-state index in [4.69, 9.17) is 14.2 Å². The summed E-state index contributed by atoms with van der Waals surface area (Å²) in [6.07, 6.45) is 4.08. The number of nitrogens with zero attached hydrogens (tertiary/aromatic N) is 1. The van der Waals surface area contributed by atoms with Gasteiger partial charge in [-0.15, -0.1) is 0 Å². The van der Waals surface area contributed by atoms with Crippen LogP contribution in [0.25, 0.3) is 6.08 Å². The lowest BCUT2D eigenvalue weighted by molar-refractivity contribution is -0.116. The molecule has 0 spiro atoms. The first-order valence-corrected chi connectivity index (χ1v) is 9.11. The SMILES string of the molecule is COc1cc(/C=C/C(=O)NCCCN(C)c2ccccc2)cc(OC)c1OC. The highest BCUT2D eigenvalue weighted by Gasteiger charge is 2.12. The van der Waals surface area contributed by atoms with E-state index in [0.717, 1.165) is 24.2 Å². The summed E-state index contributed by atoms with van der Waals surface area (Å²) in [6.45, 7) is 1.47. The zero-order valence-electron chi connectivity index (χ0n) is 16.9. The molecule has 2 aromatic rings. The smallest absolute Gasteiger partial charge is 0.244 e. The Morgan fingerprint density at radius 1 is 1.04 bits per heavy atom. The van der Waals surface area contributed by atoms with Crippen LogP contribution in [0.1, 0.15) is 12.0 Å². The third-order valence-electron chi connectivity index (χ3n) is 4.28. The van der Waals surface area contributed by atoms with Crippen molar-refractivity contribution in [3.05, 3.63) is 54.1 Å². The molecule has 6 heteroatoms. The summed E-state index contributed by atoms with van der Waals surface area (Å²) in [5.74, 6) is 1.47. The van der Waals surface area contributed by atoms with E-state index in [9.17, 15) is 4.79 Å². The van der Waals surface area contributed by atoms with Gasteiger partial charge < -0.3 is 24.4 Å². The fraction of sp³-hybridized carbons (Fsp3) is 0.318. The number of hydrogen-bond acceptors (Lipinski definition) is 5. The number of benzene rings is 2. The van der Waals surface area contributed by atoms with Gasteiger partial charge in [-0.1, -0.05) is 18.2 Å². The molecule has 0 heterocycles. The first kappa shape index (κ1) is 21.2. The van der Waals surface area contributed by atoms with Crippen LogP contribution in [0.3, 0.4) is 0 Å². The minimum absolute atomic E-state index is 0.142. The maximum absolute atomic E-state index is 12.1. The monoisotopic (exact) mass is 384 g/mol. The van der Waals surface area contributed by atoms with Crippen LogP contribution in [0.15, 0.2) is 48.5 Å². The summed E-state index contributed by atoms with van der Waals surface area (Å²) < 4.78 is 15.9. The molecule has 0 aliphatic heterocycles. The molecule has 0 aliphatic carbocycles. The highest BCUT2D eigenvalue weighted by atomic mass is 16.5. The number of amides is 1. The van der Waals surface area contributed by atoms with Gasteiger partial charge in [0, 0.05) is 31.9 Å². The standard InChI is InChI=1S/C22H28N2O4/c1-24(18-9-6-5-7-10-18)14-8-13-23-21(25)12-11-17-15-19(26-2)22(28-4)20(16-17)27-3/h5-7,9-12,15-16H,8,13-14H2,1-4H3,(H,23,25)/b12-11+. The zero-order chi connectivity index (χ0) is 20.4. The van der Waals surface area contributed by atoms with Crippen LogP contribution in [0.4, 0.5) is 5.69 Å². The number of carbonyl (C=O) groups excluding carboxylic acids is 1. The van der Waals surface area contributed by atoms with Crippen LogP contribution in [0, 0.1) is 0 Å². The Morgan fingerprint density at radius 2 is 1.68 bits per heavy atom. The van der Waals surface area contributed by atoms with Crippen molar-refractivity contribution in [2.24, 2.45) is 0 Å². The van der Waals surface area contributed by atoms with E-state index in [-0.39, 0.29) is 5.91 Å². The first-order valence-electron chi connectivity index (χ1n) is 9.11. The van der Waals surface area contributed by atoms with E-state index in [1.165, 1.54) is 6.08 Å². The van der Waals surface area contributed by atoms with Crippen LogP contribution in [-0.4, -0.2) is 47.4 Å². The van der Waals surface area contributed by atoms with Gasteiger partial charge >= 0.3 is 0 Å². The molecule has 1 amide bonds. The second-order valence-corrected chi connectivity index (χ2v) is 6.19. The topological polar surface area (TPSA) is 60.0 Å². The second kappa shape index (κ2) is 10.9. The third-order valence-corrected chi connectivity index (χ3v) is 4.28. The Labute approximate surface area is 166 Å². The van der Waals surface area contributed by atoms with E-state index in [1.807, 2.05) is 25.2 Å². The van der Waals surface area contributed by atoms with Crippen molar-refractivity contribution in [1.29, 1.82) is 0 Å². The van der Waals surface area contributed by atoms with Gasteiger partial charge in [0.15, 0.2) is 11.5 Å². The zero-order valence-corrected chi connectivity index (χ0v) is 16.9. The molecule has 0 aliphatic rings. The van der Waals surface area contributed by atoms with Gasteiger partial charge in [-0.2, -0.15) is 0 Å². The van der Waals surface area contributed by atoms with Gasteiger partial charge in [-0.05, 0) is 42.3 Å². The summed E-state index contributed by atoms with van der Waals surface area (Å²) in [6, 6.07) is 13.7. The summed E-state index contributed by atoms with van der Waals surface area (Å²) in [5.41, 5.74) is 1.95. The molecule has 150 valence electrons. The molecule has 0 fully saturated rings. The fourth-order valence-electron chi connectivity index (χ4n) is 2.77. The molecule has 0 radical (unpaired) electrons. The van der Waals surface area contributed by atoms with Gasteiger partial charge in [0.2, 0.25) is 11.7 Å². The number of ether oxygens (including phenoxy) is 3. The van der Waals surface area contributed by atoms with Gasteiger partial charge in [0.25, 0.3) is 0 Å². The molecule has 0 bridgehead atoms. The normalized spacial score (nSPS) is 10.6. The molecule has 0 unspecified atom stereocenters. The highest BCUT2D eigenvalue weighted by Crippen LogP contribution is 2.38. The van der Waals surface area contributed by atoms with Crippen LogP contribution in [0.5, 0.6) is 17.2 Å². The molecule has 28 heavy (non-hydrogen) atoms. The number of nitrogens with one attached hydrogen (secondary N) is 1. The first-order chi connectivity index (χ1) is 13.6. The molecule has 2 rings (SSSR count). The van der Waals surface area contributed by atoms with E-state index >= 15 is 0 Å². The Morgan fingerprint density at radius 3 is 2.25 bits per heavy atom. The lowest BCUT2D eigenvalue weighted by Gasteiger charge is -2.19. The van der Waals surface area contributed by atoms with Crippen molar-refractivity contribution in [2.45, 2.75) is 6.42 Å². The number of rotatable bonds is 10. The summed E-state index contributed by atoms with van der Waals surface area (Å²) in [7, 11) is 6.72. The lowest BCUT2D eigenvalue weighted by Crippen LogP contribution is -2.26. The summed E-state index contributed by atoms with van der Waals surface area (Å²) >= 11 is 0. The number of para-hydroxylation sites is 1. The average Bonchev–Trinajstić information content (AvgIpc) is 2.74. The van der Waals surface area contributed by atoms with Crippen molar-refractivity contribution in [3.63, 3.8) is 0 Å². The van der Waals surface area contributed by atoms with E-state index in [1.54, 1.807) is 39.5 Å². The molecule has 6 nitrogen and oxygen atoms in total. The molecular formula is C22H28N2O4. The Kier molecular flexibility index (Phi) is 8.21. The van der Waals surface area contributed by atoms with Crippen molar-refractivity contribution in [1.82, 2.24) is 5.32 Å². The Balaban J connectivity index is 1.85. The maximum atomic E-state index is 12.1. The minimum atomic E-state index is -0.142. The predicted molar refractivity (Wildman–Crippen MR) is 112 cm³/mol. The van der Waals surface area contributed by atoms with Gasteiger partial charge in [0.1, 0.15) is 0 Å². The Bertz CT molecular complexity index is 765. The van der Waals surface area contributed by atoms with E-state index < -0.39 is 0 Å². The second-order valence-electron chi connectivity index (χ2n) is 6.19. The largest absolute Gasteiger partial charge is 0.493 e. The van der Waals surface area contributed by atoms with E-state index in [2.05, 4.69) is 22.3 Å². The van der Waals surface area contributed by atoms with Crippen LogP contribution in [0.2, 0.25) is 0 Å². The van der Waals surface area contributed by atoms with Crippen molar-refractivity contribution in [2.75, 3.05) is 46.4 Å². The lowest BCUT2D eigenvalue weighted by atomic mass is 10.1. The third kappa shape index (κ3) is 5.94. The van der Waals surface area contributed by atoms with Crippen molar-refractivity contribution < 1.29 is 19.0 Å². The summed E-state index contributed by atoms with van der Waals surface area (Å²) in [4.78, 5) is 14.2. The van der Waals surface area contributed by atoms with Crippen LogP contribution >= 0.6 is 0 Å². The summed E-state index contributed by atoms with van der Waals surface area (Å²) in [5, 5.41) is 2.90. The van der Waals surface area contributed by atoms with Gasteiger partial charge in [0.05, 0.1) is 21.3 Å².